The highest BCUT2D eigenvalue weighted by Gasteiger charge is 2.18. The maximum Gasteiger partial charge on any atom is 0.222 e. The van der Waals surface area contributed by atoms with Gasteiger partial charge in [-0.3, -0.25) is 4.79 Å². The van der Waals surface area contributed by atoms with Gasteiger partial charge in [0.25, 0.3) is 0 Å². The fraction of sp³-hybridized carbons (Fsp3) is 0.818. The molecule has 0 atom stereocenters. The molecule has 106 valence electrons. The second kappa shape index (κ2) is 6.85. The zero-order valence-corrected chi connectivity index (χ0v) is 12.3. The van der Waals surface area contributed by atoms with Crippen LogP contribution in [0.2, 0.25) is 0 Å². The Morgan fingerprint density at radius 2 is 2.00 bits per heavy atom. The number of hydrogen-bond acceptors (Lipinski definition) is 6. The van der Waals surface area contributed by atoms with E-state index in [1.165, 1.54) is 0 Å². The molecule has 0 bridgehead atoms. The molecule has 7 nitrogen and oxygen atoms in total. The molecule has 1 aromatic rings. The van der Waals surface area contributed by atoms with Gasteiger partial charge in [0.05, 0.1) is 0 Å². The van der Waals surface area contributed by atoms with Crippen molar-refractivity contribution in [1.82, 2.24) is 30.0 Å². The number of rotatable bonds is 5. The summed E-state index contributed by atoms with van der Waals surface area (Å²) in [5.74, 6) is 1.14. The Hall–Kier alpha value is -1.15. The van der Waals surface area contributed by atoms with Crippen molar-refractivity contribution in [3.05, 3.63) is 0 Å². The second-order valence-electron chi connectivity index (χ2n) is 4.72. The molecule has 0 aromatic carbocycles. The van der Waals surface area contributed by atoms with E-state index in [9.17, 15) is 4.79 Å². The Labute approximate surface area is 117 Å². The first kappa shape index (κ1) is 14.3. The van der Waals surface area contributed by atoms with Crippen molar-refractivity contribution in [2.45, 2.75) is 18.0 Å². The Morgan fingerprint density at radius 1 is 1.26 bits per heavy atom. The molecule has 2 heterocycles. The molecule has 1 aliphatic heterocycles. The van der Waals surface area contributed by atoms with E-state index in [1.54, 1.807) is 16.4 Å². The van der Waals surface area contributed by atoms with Gasteiger partial charge in [0.15, 0.2) is 0 Å². The normalized spacial score (nSPS) is 16.8. The quantitative estimate of drug-likeness (QED) is 0.554. The first-order chi connectivity index (χ1) is 9.16. The van der Waals surface area contributed by atoms with Crippen molar-refractivity contribution in [2.75, 3.05) is 39.0 Å². The molecule has 0 spiro atoms. The molecule has 8 heteroatoms. The van der Waals surface area contributed by atoms with Gasteiger partial charge in [0.2, 0.25) is 11.1 Å². The number of carbonyl (C=O) groups excluding carboxylic acids is 1. The average Bonchev–Trinajstić information content (AvgIpc) is 2.81. The lowest BCUT2D eigenvalue weighted by molar-refractivity contribution is -0.132. The molecule has 1 amide bonds. The van der Waals surface area contributed by atoms with Crippen LogP contribution in [0.15, 0.2) is 5.16 Å². The van der Waals surface area contributed by atoms with Gasteiger partial charge >= 0.3 is 0 Å². The van der Waals surface area contributed by atoms with Gasteiger partial charge < -0.3 is 9.80 Å². The highest BCUT2D eigenvalue weighted by Crippen LogP contribution is 2.15. The number of likely N-dealkylation sites (N-methyl/N-ethyl adjacent to an activating group) is 1. The summed E-state index contributed by atoms with van der Waals surface area (Å²) in [6.07, 6.45) is 1.48. The van der Waals surface area contributed by atoms with Crippen molar-refractivity contribution < 1.29 is 4.79 Å². The van der Waals surface area contributed by atoms with Crippen LogP contribution >= 0.6 is 11.8 Å². The van der Waals surface area contributed by atoms with Gasteiger partial charge in [0.1, 0.15) is 0 Å². The smallest absolute Gasteiger partial charge is 0.222 e. The number of nitrogens with zero attached hydrogens (tertiary/aromatic N) is 6. The molecule has 1 saturated heterocycles. The minimum Gasteiger partial charge on any atom is -0.340 e. The number of thioether (sulfide) groups is 1. The fourth-order valence-corrected chi connectivity index (χ4v) is 2.73. The van der Waals surface area contributed by atoms with Crippen molar-refractivity contribution >= 4 is 17.7 Å². The molecule has 19 heavy (non-hydrogen) atoms. The first-order valence-electron chi connectivity index (χ1n) is 6.48. The van der Waals surface area contributed by atoms with Crippen molar-refractivity contribution in [2.24, 2.45) is 7.05 Å². The summed E-state index contributed by atoms with van der Waals surface area (Å²) in [7, 11) is 3.91. The van der Waals surface area contributed by atoms with Crippen molar-refractivity contribution in [1.29, 1.82) is 0 Å². The predicted molar refractivity (Wildman–Crippen MR) is 72.8 cm³/mol. The largest absolute Gasteiger partial charge is 0.340 e. The Morgan fingerprint density at radius 3 is 2.63 bits per heavy atom. The lowest BCUT2D eigenvalue weighted by Crippen LogP contribution is -2.47. The molecular formula is C11H20N6OS. The third kappa shape index (κ3) is 4.17. The van der Waals surface area contributed by atoms with Gasteiger partial charge in [0, 0.05) is 45.4 Å². The number of piperazine rings is 1. The Balaban J connectivity index is 1.63. The monoisotopic (exact) mass is 284 g/mol. The number of aromatic nitrogens is 4. The fourth-order valence-electron chi connectivity index (χ4n) is 1.94. The van der Waals surface area contributed by atoms with E-state index >= 15 is 0 Å². The third-order valence-electron chi connectivity index (χ3n) is 3.20. The minimum absolute atomic E-state index is 0.268. The summed E-state index contributed by atoms with van der Waals surface area (Å²) in [6, 6.07) is 0. The van der Waals surface area contributed by atoms with Gasteiger partial charge in [-0.1, -0.05) is 11.8 Å². The van der Waals surface area contributed by atoms with Crippen LogP contribution in [0.1, 0.15) is 12.8 Å². The van der Waals surface area contributed by atoms with E-state index in [1.807, 2.05) is 11.9 Å². The molecule has 0 saturated carbocycles. The van der Waals surface area contributed by atoms with E-state index in [0.29, 0.717) is 6.42 Å². The highest BCUT2D eigenvalue weighted by atomic mass is 32.2. The van der Waals surface area contributed by atoms with Crippen LogP contribution in [0.5, 0.6) is 0 Å². The van der Waals surface area contributed by atoms with Crippen LogP contribution in [-0.4, -0.2) is 74.9 Å². The Bertz CT molecular complexity index is 415. The molecule has 2 rings (SSSR count). The summed E-state index contributed by atoms with van der Waals surface area (Å²) in [6.45, 7) is 3.67. The van der Waals surface area contributed by atoms with Crippen LogP contribution in [0.25, 0.3) is 0 Å². The molecule has 1 aliphatic rings. The lowest BCUT2D eigenvalue weighted by atomic mass is 10.2. The van der Waals surface area contributed by atoms with Crippen LogP contribution in [0.3, 0.4) is 0 Å². The topological polar surface area (TPSA) is 67.2 Å². The molecule has 0 radical (unpaired) electrons. The molecule has 0 N–H and O–H groups in total. The van der Waals surface area contributed by atoms with Crippen LogP contribution in [0, 0.1) is 0 Å². The van der Waals surface area contributed by atoms with E-state index in [4.69, 9.17) is 0 Å². The van der Waals surface area contributed by atoms with E-state index < -0.39 is 0 Å². The van der Waals surface area contributed by atoms with E-state index in [0.717, 1.165) is 43.5 Å². The van der Waals surface area contributed by atoms with Crippen LogP contribution < -0.4 is 0 Å². The molecule has 0 aliphatic carbocycles. The SMILES string of the molecule is CN1CCN(C(=O)CCCSc2nnnn2C)CC1. The van der Waals surface area contributed by atoms with Crippen LogP contribution in [0.4, 0.5) is 0 Å². The summed E-state index contributed by atoms with van der Waals surface area (Å²) in [5, 5.41) is 12.0. The summed E-state index contributed by atoms with van der Waals surface area (Å²) < 4.78 is 1.65. The molecule has 1 fully saturated rings. The lowest BCUT2D eigenvalue weighted by Gasteiger charge is -2.32. The number of carbonyl (C=O) groups is 1. The average molecular weight is 284 g/mol. The zero-order chi connectivity index (χ0) is 13.7. The maximum absolute atomic E-state index is 12.0. The second-order valence-corrected chi connectivity index (χ2v) is 5.78. The summed E-state index contributed by atoms with van der Waals surface area (Å²) in [5.41, 5.74) is 0. The molecular weight excluding hydrogens is 264 g/mol. The third-order valence-corrected chi connectivity index (χ3v) is 4.30. The van der Waals surface area contributed by atoms with E-state index in [2.05, 4.69) is 27.5 Å². The zero-order valence-electron chi connectivity index (χ0n) is 11.4. The first-order valence-corrected chi connectivity index (χ1v) is 7.47. The molecule has 0 unspecified atom stereocenters. The summed E-state index contributed by atoms with van der Waals surface area (Å²) >= 11 is 1.59. The van der Waals surface area contributed by atoms with Crippen LogP contribution in [-0.2, 0) is 11.8 Å². The maximum atomic E-state index is 12.0. The van der Waals surface area contributed by atoms with E-state index in [-0.39, 0.29) is 5.91 Å². The highest BCUT2D eigenvalue weighted by molar-refractivity contribution is 7.99. The minimum atomic E-state index is 0.268. The standard InChI is InChI=1S/C11H20N6OS/c1-15-5-7-17(8-6-15)10(18)4-3-9-19-11-12-13-14-16(11)2/h3-9H2,1-2H3. The number of tetrazole rings is 1. The summed E-state index contributed by atoms with van der Waals surface area (Å²) in [4.78, 5) is 16.2. The number of amides is 1. The molecule has 1 aromatic heterocycles. The number of aryl methyl sites for hydroxylation is 1. The van der Waals surface area contributed by atoms with Crippen molar-refractivity contribution in [3.8, 4) is 0 Å². The van der Waals surface area contributed by atoms with Gasteiger partial charge in [-0.2, -0.15) is 0 Å². The van der Waals surface area contributed by atoms with Crippen molar-refractivity contribution in [3.63, 3.8) is 0 Å². The van der Waals surface area contributed by atoms with Gasteiger partial charge in [-0.25, -0.2) is 4.68 Å². The van der Waals surface area contributed by atoms with Gasteiger partial charge in [-0.05, 0) is 23.9 Å². The Kier molecular flexibility index (Phi) is 5.15. The number of hydrogen-bond donors (Lipinski definition) is 0. The van der Waals surface area contributed by atoms with Gasteiger partial charge in [-0.15, -0.1) is 5.10 Å². The predicted octanol–water partition coefficient (Wildman–Crippen LogP) is -0.144.